The first-order chi connectivity index (χ1) is 9.60. The van der Waals surface area contributed by atoms with Gasteiger partial charge in [-0.05, 0) is 31.2 Å². The van der Waals surface area contributed by atoms with Gasteiger partial charge in [-0.25, -0.2) is 4.98 Å². The highest BCUT2D eigenvalue weighted by atomic mass is 32.1. The summed E-state index contributed by atoms with van der Waals surface area (Å²) in [5.74, 6) is 0.327. The standard InChI is InChI=1S/C14H15NO4S/c1-9-13(14(16)17)20-12(15-9)7-8-19-11-5-3-10(18-2)4-6-11/h3-6H,7-8H2,1-2H3,(H,16,17)/p-1. The lowest BCUT2D eigenvalue weighted by molar-refractivity contribution is -0.254. The van der Waals surface area contributed by atoms with Crippen LogP contribution in [-0.2, 0) is 6.42 Å². The summed E-state index contributed by atoms with van der Waals surface area (Å²) in [6.45, 7) is 2.10. The molecule has 0 spiro atoms. The third-order valence-electron chi connectivity index (χ3n) is 2.67. The molecule has 1 aromatic heterocycles. The Hall–Kier alpha value is -2.08. The Morgan fingerprint density at radius 1 is 1.30 bits per heavy atom. The summed E-state index contributed by atoms with van der Waals surface area (Å²) in [5, 5.41) is 11.5. The largest absolute Gasteiger partial charge is 0.544 e. The second-order valence-electron chi connectivity index (χ2n) is 4.08. The van der Waals surface area contributed by atoms with Crippen LogP contribution in [-0.4, -0.2) is 24.7 Å². The van der Waals surface area contributed by atoms with Crippen molar-refractivity contribution in [3.63, 3.8) is 0 Å². The molecule has 0 aliphatic rings. The van der Waals surface area contributed by atoms with Gasteiger partial charge in [0, 0.05) is 6.42 Å². The molecule has 0 saturated heterocycles. The molecule has 0 atom stereocenters. The summed E-state index contributed by atoms with van der Waals surface area (Å²) in [6, 6.07) is 7.27. The molecule has 0 amide bonds. The van der Waals surface area contributed by atoms with E-state index in [1.165, 1.54) is 0 Å². The maximum atomic E-state index is 10.8. The van der Waals surface area contributed by atoms with Gasteiger partial charge in [0.05, 0.1) is 35.3 Å². The van der Waals surface area contributed by atoms with E-state index < -0.39 is 5.97 Å². The van der Waals surface area contributed by atoms with Crippen LogP contribution >= 0.6 is 11.3 Å². The van der Waals surface area contributed by atoms with Gasteiger partial charge in [0.2, 0.25) is 0 Å². The number of hydrogen-bond donors (Lipinski definition) is 0. The number of methoxy groups -OCH3 is 1. The predicted octanol–water partition coefficient (Wildman–Crippen LogP) is 1.45. The summed E-state index contributed by atoms with van der Waals surface area (Å²) < 4.78 is 10.6. The van der Waals surface area contributed by atoms with Crippen molar-refractivity contribution in [2.24, 2.45) is 0 Å². The first-order valence-electron chi connectivity index (χ1n) is 6.04. The molecule has 5 nitrogen and oxygen atoms in total. The summed E-state index contributed by atoms with van der Waals surface area (Å²) in [5.41, 5.74) is 0.495. The lowest BCUT2D eigenvalue weighted by Crippen LogP contribution is -2.21. The van der Waals surface area contributed by atoms with Gasteiger partial charge in [0.25, 0.3) is 0 Å². The SMILES string of the molecule is COc1ccc(OCCc2nc(C)c(C(=O)[O-])s2)cc1. The molecular formula is C14H14NO4S-. The highest BCUT2D eigenvalue weighted by Crippen LogP contribution is 2.19. The van der Waals surface area contributed by atoms with Crippen LogP contribution in [0.1, 0.15) is 20.4 Å². The monoisotopic (exact) mass is 292 g/mol. The van der Waals surface area contributed by atoms with E-state index in [9.17, 15) is 9.90 Å². The second-order valence-corrected chi connectivity index (χ2v) is 5.17. The zero-order valence-corrected chi connectivity index (χ0v) is 12.0. The van der Waals surface area contributed by atoms with Crippen LogP contribution < -0.4 is 14.6 Å². The van der Waals surface area contributed by atoms with Crippen LogP contribution in [0.15, 0.2) is 24.3 Å². The molecule has 0 unspecified atom stereocenters. The third-order valence-corrected chi connectivity index (χ3v) is 3.87. The number of ether oxygens (including phenoxy) is 2. The molecule has 0 N–H and O–H groups in total. The Morgan fingerprint density at radius 2 is 1.95 bits per heavy atom. The summed E-state index contributed by atoms with van der Waals surface area (Å²) in [7, 11) is 1.61. The van der Waals surface area contributed by atoms with Gasteiger partial charge in [-0.2, -0.15) is 0 Å². The minimum atomic E-state index is -1.18. The zero-order chi connectivity index (χ0) is 14.5. The van der Waals surface area contributed by atoms with Crippen molar-refractivity contribution >= 4 is 17.3 Å². The van der Waals surface area contributed by atoms with Gasteiger partial charge >= 0.3 is 0 Å². The molecule has 1 heterocycles. The third kappa shape index (κ3) is 3.48. The number of thiazole rings is 1. The van der Waals surface area contributed by atoms with Gasteiger partial charge in [-0.3, -0.25) is 0 Å². The van der Waals surface area contributed by atoms with Crippen molar-refractivity contribution in [3.05, 3.63) is 39.8 Å². The topological polar surface area (TPSA) is 71.5 Å². The number of aromatic carboxylic acids is 1. The number of carbonyl (C=O) groups is 1. The lowest BCUT2D eigenvalue weighted by Gasteiger charge is -2.05. The normalized spacial score (nSPS) is 10.3. The van der Waals surface area contributed by atoms with E-state index in [1.807, 2.05) is 24.3 Å². The lowest BCUT2D eigenvalue weighted by atomic mass is 10.3. The molecule has 20 heavy (non-hydrogen) atoms. The highest BCUT2D eigenvalue weighted by molar-refractivity contribution is 7.13. The Morgan fingerprint density at radius 3 is 2.50 bits per heavy atom. The second kappa shape index (κ2) is 6.38. The summed E-state index contributed by atoms with van der Waals surface area (Å²) >= 11 is 1.14. The Labute approximate surface area is 120 Å². The van der Waals surface area contributed by atoms with Crippen LogP contribution in [0.2, 0.25) is 0 Å². The van der Waals surface area contributed by atoms with Crippen LogP contribution in [0, 0.1) is 6.92 Å². The van der Waals surface area contributed by atoms with Crippen LogP contribution in [0.5, 0.6) is 11.5 Å². The van der Waals surface area contributed by atoms with E-state index in [-0.39, 0.29) is 4.88 Å². The minimum absolute atomic E-state index is 0.185. The van der Waals surface area contributed by atoms with E-state index in [1.54, 1.807) is 14.0 Å². The van der Waals surface area contributed by atoms with Crippen LogP contribution in [0.25, 0.3) is 0 Å². The molecule has 0 fully saturated rings. The minimum Gasteiger partial charge on any atom is -0.544 e. The number of nitrogens with zero attached hydrogens (tertiary/aromatic N) is 1. The molecule has 6 heteroatoms. The number of carboxylic acids is 1. The Kier molecular flexibility index (Phi) is 4.57. The van der Waals surface area contributed by atoms with Gasteiger partial charge in [-0.15, -0.1) is 11.3 Å². The smallest absolute Gasteiger partial charge is 0.119 e. The van der Waals surface area contributed by atoms with Crippen LogP contribution in [0.3, 0.4) is 0 Å². The number of carboxylic acid groups (broad SMARTS) is 1. The fraction of sp³-hybridized carbons (Fsp3) is 0.286. The van der Waals surface area contributed by atoms with Crippen molar-refractivity contribution in [3.8, 4) is 11.5 Å². The quantitative estimate of drug-likeness (QED) is 0.805. The number of hydrogen-bond acceptors (Lipinski definition) is 6. The van der Waals surface area contributed by atoms with E-state index in [0.29, 0.717) is 18.7 Å². The van der Waals surface area contributed by atoms with Gasteiger partial charge in [-0.1, -0.05) is 0 Å². The number of benzene rings is 1. The average molecular weight is 292 g/mol. The Bertz CT molecular complexity index is 592. The number of aromatic nitrogens is 1. The maximum absolute atomic E-state index is 10.8. The number of aryl methyl sites for hydroxylation is 1. The number of rotatable bonds is 6. The van der Waals surface area contributed by atoms with Crippen molar-refractivity contribution in [1.29, 1.82) is 0 Å². The zero-order valence-electron chi connectivity index (χ0n) is 11.2. The Balaban J connectivity index is 1.89. The van der Waals surface area contributed by atoms with Crippen molar-refractivity contribution < 1.29 is 19.4 Å². The first kappa shape index (κ1) is 14.3. The van der Waals surface area contributed by atoms with E-state index in [0.717, 1.165) is 27.8 Å². The molecule has 1 aromatic carbocycles. The molecule has 106 valence electrons. The molecule has 0 saturated carbocycles. The molecule has 0 radical (unpaired) electrons. The van der Waals surface area contributed by atoms with Gasteiger partial charge in [0.15, 0.2) is 0 Å². The summed E-state index contributed by atoms with van der Waals surface area (Å²) in [6.07, 6.45) is 0.560. The van der Waals surface area contributed by atoms with E-state index in [2.05, 4.69) is 4.98 Å². The highest BCUT2D eigenvalue weighted by Gasteiger charge is 2.08. The van der Waals surface area contributed by atoms with Crippen molar-refractivity contribution in [2.75, 3.05) is 13.7 Å². The van der Waals surface area contributed by atoms with E-state index in [4.69, 9.17) is 9.47 Å². The van der Waals surface area contributed by atoms with Crippen LogP contribution in [0.4, 0.5) is 0 Å². The molecular weight excluding hydrogens is 278 g/mol. The molecule has 2 aromatic rings. The average Bonchev–Trinajstić information content (AvgIpc) is 2.81. The first-order valence-corrected chi connectivity index (χ1v) is 6.86. The van der Waals surface area contributed by atoms with Crippen molar-refractivity contribution in [1.82, 2.24) is 4.98 Å². The molecule has 0 aliphatic carbocycles. The molecule has 0 bridgehead atoms. The predicted molar refractivity (Wildman–Crippen MR) is 73.4 cm³/mol. The molecule has 0 aliphatic heterocycles. The van der Waals surface area contributed by atoms with Gasteiger partial charge < -0.3 is 19.4 Å². The van der Waals surface area contributed by atoms with Crippen molar-refractivity contribution in [2.45, 2.75) is 13.3 Å². The maximum Gasteiger partial charge on any atom is 0.119 e. The van der Waals surface area contributed by atoms with E-state index >= 15 is 0 Å². The number of carbonyl (C=O) groups excluding carboxylic acids is 1. The fourth-order valence-corrected chi connectivity index (χ4v) is 2.56. The molecule has 2 rings (SSSR count). The fourth-order valence-electron chi connectivity index (χ4n) is 1.68. The summed E-state index contributed by atoms with van der Waals surface area (Å²) in [4.78, 5) is 15.2. The van der Waals surface area contributed by atoms with Gasteiger partial charge in [0.1, 0.15) is 11.5 Å².